The van der Waals surface area contributed by atoms with Gasteiger partial charge >= 0.3 is 5.97 Å². The van der Waals surface area contributed by atoms with Crippen molar-refractivity contribution in [1.29, 1.82) is 0 Å². The number of aromatic nitrogens is 3. The number of carboxylic acids is 1. The van der Waals surface area contributed by atoms with Crippen LogP contribution in [-0.4, -0.2) is 25.6 Å². The average Bonchev–Trinajstić information content (AvgIpc) is 2.67. The number of hydrogen-bond donors (Lipinski definition) is 1. The van der Waals surface area contributed by atoms with Gasteiger partial charge in [0.15, 0.2) is 11.6 Å². The Morgan fingerprint density at radius 3 is 2.87 bits per heavy atom. The van der Waals surface area contributed by atoms with Gasteiger partial charge in [-0.05, 0) is 12.1 Å². The molecule has 0 aliphatic heterocycles. The van der Waals surface area contributed by atoms with Crippen LogP contribution in [0.15, 0.2) is 30.7 Å². The van der Waals surface area contributed by atoms with Crippen molar-refractivity contribution < 1.29 is 14.3 Å². The predicted octanol–water partition coefficient (Wildman–Crippen LogP) is 1.10. The highest BCUT2D eigenvalue weighted by atomic mass is 19.1. The van der Waals surface area contributed by atoms with Gasteiger partial charge < -0.3 is 5.11 Å². The third kappa shape index (κ3) is 1.56. The molecule has 5 nitrogen and oxygen atoms in total. The Kier molecular flexibility index (Phi) is 2.17. The number of hydrogen-bond acceptors (Lipinski definition) is 3. The van der Waals surface area contributed by atoms with Crippen LogP contribution in [-0.2, 0) is 0 Å². The Bertz CT molecular complexity index is 510. The third-order valence-electron chi connectivity index (χ3n) is 1.80. The normalized spacial score (nSPS) is 10.2. The largest absolute Gasteiger partial charge is 0.475 e. The molecule has 0 spiro atoms. The van der Waals surface area contributed by atoms with E-state index in [2.05, 4.69) is 9.97 Å². The lowest BCUT2D eigenvalue weighted by atomic mass is 10.4. The van der Waals surface area contributed by atoms with E-state index in [0.717, 1.165) is 4.57 Å². The molecular weight excluding hydrogens is 201 g/mol. The van der Waals surface area contributed by atoms with Crippen molar-refractivity contribution in [2.75, 3.05) is 0 Å². The average molecular weight is 207 g/mol. The van der Waals surface area contributed by atoms with Gasteiger partial charge in [0.25, 0.3) is 0 Å². The van der Waals surface area contributed by atoms with Crippen molar-refractivity contribution in [3.8, 4) is 5.82 Å². The Morgan fingerprint density at radius 1 is 1.40 bits per heavy atom. The van der Waals surface area contributed by atoms with E-state index in [1.165, 1.54) is 30.7 Å². The summed E-state index contributed by atoms with van der Waals surface area (Å²) in [5.41, 5.74) is 0. The van der Waals surface area contributed by atoms with Crippen molar-refractivity contribution in [1.82, 2.24) is 14.5 Å². The van der Waals surface area contributed by atoms with Crippen LogP contribution in [0.4, 0.5) is 4.39 Å². The number of pyridine rings is 1. The first-order valence-electron chi connectivity index (χ1n) is 4.07. The first-order chi connectivity index (χ1) is 7.20. The summed E-state index contributed by atoms with van der Waals surface area (Å²) in [7, 11) is 0. The van der Waals surface area contributed by atoms with Crippen LogP contribution in [0.25, 0.3) is 5.82 Å². The second-order valence-electron chi connectivity index (χ2n) is 2.73. The lowest BCUT2D eigenvalue weighted by Gasteiger charge is -2.03. The van der Waals surface area contributed by atoms with Crippen molar-refractivity contribution in [2.24, 2.45) is 0 Å². The van der Waals surface area contributed by atoms with Gasteiger partial charge in [0.1, 0.15) is 0 Å². The lowest BCUT2D eigenvalue weighted by molar-refractivity contribution is 0.0681. The summed E-state index contributed by atoms with van der Waals surface area (Å²) in [6, 6.07) is 2.63. The van der Waals surface area contributed by atoms with Gasteiger partial charge in [-0.2, -0.15) is 0 Å². The molecule has 0 unspecified atom stereocenters. The maximum absolute atomic E-state index is 13.3. The predicted molar refractivity (Wildman–Crippen MR) is 48.3 cm³/mol. The van der Waals surface area contributed by atoms with E-state index in [-0.39, 0.29) is 11.6 Å². The van der Waals surface area contributed by atoms with Gasteiger partial charge in [0, 0.05) is 18.6 Å². The van der Waals surface area contributed by atoms with Crippen LogP contribution in [0.3, 0.4) is 0 Å². The van der Waals surface area contributed by atoms with E-state index >= 15 is 0 Å². The molecule has 0 bridgehead atoms. The van der Waals surface area contributed by atoms with Crippen molar-refractivity contribution >= 4 is 5.97 Å². The zero-order valence-corrected chi connectivity index (χ0v) is 7.46. The summed E-state index contributed by atoms with van der Waals surface area (Å²) >= 11 is 0. The molecule has 0 aliphatic carbocycles. The van der Waals surface area contributed by atoms with Gasteiger partial charge in [-0.25, -0.2) is 19.2 Å². The molecule has 2 aromatic heterocycles. The molecule has 15 heavy (non-hydrogen) atoms. The fraction of sp³-hybridized carbons (Fsp3) is 0. The number of aromatic carboxylic acids is 1. The van der Waals surface area contributed by atoms with Gasteiger partial charge in [0.05, 0.1) is 0 Å². The molecule has 0 fully saturated rings. The van der Waals surface area contributed by atoms with Gasteiger partial charge in [-0.15, -0.1) is 0 Å². The number of halogens is 1. The molecule has 6 heteroatoms. The van der Waals surface area contributed by atoms with Crippen LogP contribution < -0.4 is 0 Å². The van der Waals surface area contributed by atoms with Crippen LogP contribution in [0.2, 0.25) is 0 Å². The van der Waals surface area contributed by atoms with Crippen molar-refractivity contribution in [2.45, 2.75) is 0 Å². The summed E-state index contributed by atoms with van der Waals surface area (Å²) in [4.78, 5) is 18.1. The molecule has 2 heterocycles. The van der Waals surface area contributed by atoms with E-state index in [4.69, 9.17) is 5.11 Å². The topological polar surface area (TPSA) is 68.0 Å². The monoisotopic (exact) mass is 207 g/mol. The zero-order valence-electron chi connectivity index (χ0n) is 7.46. The quantitative estimate of drug-likeness (QED) is 0.800. The summed E-state index contributed by atoms with van der Waals surface area (Å²) in [5.74, 6) is -2.18. The number of carboxylic acid groups (broad SMARTS) is 1. The van der Waals surface area contributed by atoms with Gasteiger partial charge in [-0.3, -0.25) is 4.57 Å². The van der Waals surface area contributed by atoms with Crippen molar-refractivity contribution in [3.63, 3.8) is 0 Å². The minimum Gasteiger partial charge on any atom is -0.475 e. The molecule has 0 radical (unpaired) electrons. The highest BCUT2D eigenvalue weighted by Crippen LogP contribution is 2.11. The van der Waals surface area contributed by atoms with Crippen LogP contribution in [0.1, 0.15) is 10.6 Å². The molecule has 0 amide bonds. The molecule has 1 N–H and O–H groups in total. The number of rotatable bonds is 2. The van der Waals surface area contributed by atoms with Crippen LogP contribution in [0.5, 0.6) is 0 Å². The molecule has 2 rings (SSSR count). The van der Waals surface area contributed by atoms with Crippen LogP contribution >= 0.6 is 0 Å². The minimum atomic E-state index is -1.23. The third-order valence-corrected chi connectivity index (χ3v) is 1.80. The molecule has 0 saturated heterocycles. The highest BCUT2D eigenvalue weighted by Gasteiger charge is 2.15. The summed E-state index contributed by atoms with van der Waals surface area (Å²) in [6.45, 7) is 0. The number of nitrogens with zero attached hydrogens (tertiary/aromatic N) is 3. The molecular formula is C9H6FN3O2. The SMILES string of the molecule is O=C(O)c1nccn1-c1ncccc1F. The van der Waals surface area contributed by atoms with Crippen molar-refractivity contribution in [3.05, 3.63) is 42.4 Å². The fourth-order valence-electron chi connectivity index (χ4n) is 1.19. The Hall–Kier alpha value is -2.24. The second kappa shape index (κ2) is 3.49. The second-order valence-corrected chi connectivity index (χ2v) is 2.73. The highest BCUT2D eigenvalue weighted by molar-refractivity contribution is 5.84. The number of carbonyl (C=O) groups is 1. The summed E-state index contributed by atoms with van der Waals surface area (Å²) in [6.07, 6.45) is 4.00. The smallest absolute Gasteiger partial charge is 0.372 e. The molecule has 0 aromatic carbocycles. The van der Waals surface area contributed by atoms with E-state index < -0.39 is 11.8 Å². The van der Waals surface area contributed by atoms with E-state index in [1.54, 1.807) is 0 Å². The Balaban J connectivity index is 2.59. The lowest BCUT2D eigenvalue weighted by Crippen LogP contribution is -2.10. The summed E-state index contributed by atoms with van der Waals surface area (Å²) in [5, 5.41) is 8.77. The maximum atomic E-state index is 13.3. The Labute approximate surface area is 83.8 Å². The molecule has 0 saturated carbocycles. The van der Waals surface area contributed by atoms with Gasteiger partial charge in [-0.1, -0.05) is 0 Å². The van der Waals surface area contributed by atoms with E-state index in [1.807, 2.05) is 0 Å². The first kappa shape index (κ1) is 9.32. The standard InChI is InChI=1S/C9H6FN3O2/c10-6-2-1-3-11-7(6)13-5-4-12-8(13)9(14)15/h1-5H,(H,14,15). The van der Waals surface area contributed by atoms with E-state index in [9.17, 15) is 9.18 Å². The molecule has 76 valence electrons. The fourth-order valence-corrected chi connectivity index (χ4v) is 1.19. The molecule has 0 aliphatic rings. The Morgan fingerprint density at radius 2 is 2.20 bits per heavy atom. The molecule has 2 aromatic rings. The zero-order chi connectivity index (χ0) is 10.8. The van der Waals surface area contributed by atoms with Gasteiger partial charge in [0.2, 0.25) is 5.82 Å². The van der Waals surface area contributed by atoms with E-state index in [0.29, 0.717) is 0 Å². The minimum absolute atomic E-state index is 0.0765. The summed E-state index contributed by atoms with van der Waals surface area (Å²) < 4.78 is 14.4. The number of imidazole rings is 1. The first-order valence-corrected chi connectivity index (χ1v) is 4.07. The maximum Gasteiger partial charge on any atom is 0.372 e. The molecule has 0 atom stereocenters. The van der Waals surface area contributed by atoms with Crippen LogP contribution in [0, 0.1) is 5.82 Å².